The molecule has 3 atom stereocenters. The highest BCUT2D eigenvalue weighted by Crippen LogP contribution is 2.50. The van der Waals surface area contributed by atoms with E-state index in [9.17, 15) is 18.8 Å². The molecule has 0 unspecified atom stereocenters. The Balaban J connectivity index is 1.51. The number of nitrogens with zero attached hydrogens (tertiary/aromatic N) is 1. The van der Waals surface area contributed by atoms with Gasteiger partial charge in [0, 0.05) is 12.0 Å². The van der Waals surface area contributed by atoms with E-state index in [0.29, 0.717) is 6.42 Å². The van der Waals surface area contributed by atoms with Gasteiger partial charge in [-0.3, -0.25) is 19.7 Å². The molecule has 6 heteroatoms. The Kier molecular flexibility index (Phi) is 3.21. The molecule has 3 fully saturated rings. The molecule has 1 aromatic rings. The van der Waals surface area contributed by atoms with Crippen LogP contribution in [0.15, 0.2) is 24.3 Å². The molecule has 3 aliphatic rings. The zero-order valence-corrected chi connectivity index (χ0v) is 12.5. The van der Waals surface area contributed by atoms with Crippen LogP contribution in [0.4, 0.5) is 4.39 Å². The second-order valence-electron chi connectivity index (χ2n) is 6.61. The number of nitrogens with one attached hydrogen (secondary N) is 1. The van der Waals surface area contributed by atoms with Gasteiger partial charge in [-0.05, 0) is 42.9 Å². The van der Waals surface area contributed by atoms with E-state index in [-0.39, 0.29) is 47.8 Å². The summed E-state index contributed by atoms with van der Waals surface area (Å²) in [6, 6.07) is 5.72. The van der Waals surface area contributed by atoms with E-state index >= 15 is 0 Å². The summed E-state index contributed by atoms with van der Waals surface area (Å²) in [6.07, 6.45) is 2.48. The van der Waals surface area contributed by atoms with E-state index in [1.807, 2.05) is 6.07 Å². The minimum Gasteiger partial charge on any atom is -0.327 e. The van der Waals surface area contributed by atoms with Crippen LogP contribution in [0.3, 0.4) is 0 Å². The topological polar surface area (TPSA) is 66.5 Å². The van der Waals surface area contributed by atoms with Gasteiger partial charge in [-0.1, -0.05) is 12.1 Å². The first kappa shape index (κ1) is 14.4. The quantitative estimate of drug-likeness (QED) is 0.852. The Bertz CT molecular complexity index is 701. The van der Waals surface area contributed by atoms with Gasteiger partial charge < -0.3 is 4.90 Å². The van der Waals surface area contributed by atoms with E-state index < -0.39 is 6.04 Å². The van der Waals surface area contributed by atoms with Gasteiger partial charge in [-0.2, -0.15) is 0 Å². The van der Waals surface area contributed by atoms with Crippen LogP contribution in [-0.2, 0) is 14.4 Å². The van der Waals surface area contributed by atoms with Crippen molar-refractivity contribution in [2.75, 3.05) is 0 Å². The molecule has 1 N–H and O–H groups in total. The molecular weight excluding hydrogens is 299 g/mol. The summed E-state index contributed by atoms with van der Waals surface area (Å²) in [7, 11) is 0. The van der Waals surface area contributed by atoms with Crippen LogP contribution in [0.5, 0.6) is 0 Å². The number of carbonyl (C=O) groups excluding carboxylic acids is 3. The Morgan fingerprint density at radius 3 is 2.65 bits per heavy atom. The third kappa shape index (κ3) is 2.62. The van der Waals surface area contributed by atoms with Gasteiger partial charge in [0.1, 0.15) is 11.9 Å². The van der Waals surface area contributed by atoms with E-state index in [2.05, 4.69) is 5.32 Å². The molecule has 0 aromatic heterocycles. The van der Waals surface area contributed by atoms with E-state index in [1.165, 1.54) is 12.1 Å². The number of halogens is 1. The molecule has 1 heterocycles. The molecule has 23 heavy (non-hydrogen) atoms. The monoisotopic (exact) mass is 316 g/mol. The summed E-state index contributed by atoms with van der Waals surface area (Å²) in [6.45, 7) is 0. The third-order valence-corrected chi connectivity index (χ3v) is 4.86. The number of amides is 3. The van der Waals surface area contributed by atoms with Gasteiger partial charge >= 0.3 is 0 Å². The van der Waals surface area contributed by atoms with Crippen LogP contribution >= 0.6 is 0 Å². The van der Waals surface area contributed by atoms with E-state index in [1.54, 1.807) is 11.0 Å². The van der Waals surface area contributed by atoms with Gasteiger partial charge in [0.2, 0.25) is 17.7 Å². The van der Waals surface area contributed by atoms with Crippen LogP contribution in [0.1, 0.15) is 37.2 Å². The van der Waals surface area contributed by atoms with Gasteiger partial charge in [0.25, 0.3) is 0 Å². The summed E-state index contributed by atoms with van der Waals surface area (Å²) < 4.78 is 13.3. The lowest BCUT2D eigenvalue weighted by Gasteiger charge is -2.27. The SMILES string of the molecule is O=C1C[C@H](N(C(=O)[C@@H]2C[C@H]2c2cccc(F)c2)C2CC2)C(=O)N1. The Morgan fingerprint density at radius 1 is 1.26 bits per heavy atom. The summed E-state index contributed by atoms with van der Waals surface area (Å²) in [5.41, 5.74) is 0.825. The first-order valence-corrected chi connectivity index (χ1v) is 7.96. The van der Waals surface area contributed by atoms with Crippen LogP contribution in [0, 0.1) is 11.7 Å². The van der Waals surface area contributed by atoms with Crippen LogP contribution < -0.4 is 5.32 Å². The fourth-order valence-corrected chi connectivity index (χ4v) is 3.47. The first-order chi connectivity index (χ1) is 11.0. The van der Waals surface area contributed by atoms with Crippen LogP contribution in [0.2, 0.25) is 0 Å². The van der Waals surface area contributed by atoms with Gasteiger partial charge in [-0.25, -0.2) is 4.39 Å². The van der Waals surface area contributed by atoms with Crippen molar-refractivity contribution in [3.8, 4) is 0 Å². The fourth-order valence-electron chi connectivity index (χ4n) is 3.47. The average molecular weight is 316 g/mol. The van der Waals surface area contributed by atoms with Crippen molar-refractivity contribution in [1.29, 1.82) is 0 Å². The molecule has 120 valence electrons. The minimum atomic E-state index is -0.670. The smallest absolute Gasteiger partial charge is 0.249 e. The maximum atomic E-state index is 13.3. The zero-order chi connectivity index (χ0) is 16.1. The van der Waals surface area contributed by atoms with Crippen molar-refractivity contribution in [2.24, 2.45) is 5.92 Å². The highest BCUT2D eigenvalue weighted by atomic mass is 19.1. The molecular formula is C17H17FN2O3. The molecule has 0 bridgehead atoms. The Hall–Kier alpha value is -2.24. The number of hydrogen-bond donors (Lipinski definition) is 1. The number of imide groups is 1. The Labute approximate surface area is 132 Å². The largest absolute Gasteiger partial charge is 0.327 e. The number of carbonyl (C=O) groups is 3. The molecule has 2 saturated carbocycles. The Morgan fingerprint density at radius 2 is 2.04 bits per heavy atom. The van der Waals surface area contributed by atoms with Crippen molar-refractivity contribution >= 4 is 17.7 Å². The average Bonchev–Trinajstić information content (AvgIpc) is 3.40. The highest BCUT2D eigenvalue weighted by molar-refractivity contribution is 6.07. The van der Waals surface area contributed by atoms with Gasteiger partial charge in [0.15, 0.2) is 0 Å². The van der Waals surface area contributed by atoms with Crippen molar-refractivity contribution in [3.63, 3.8) is 0 Å². The second-order valence-corrected chi connectivity index (χ2v) is 6.61. The lowest BCUT2D eigenvalue weighted by atomic mass is 10.1. The third-order valence-electron chi connectivity index (χ3n) is 4.86. The molecule has 1 aliphatic heterocycles. The molecule has 1 aromatic carbocycles. The molecule has 5 nitrogen and oxygen atoms in total. The number of rotatable bonds is 4. The van der Waals surface area contributed by atoms with Crippen molar-refractivity contribution in [2.45, 2.75) is 43.7 Å². The standard InChI is InChI=1S/C17H17FN2O3/c18-10-3-1-2-9(6-10)12-7-13(12)17(23)20(11-4-5-11)14-8-15(21)19-16(14)22/h1-3,6,11-14H,4-5,7-8H2,(H,19,21,22)/t12-,13+,14-/m0/s1. The predicted molar refractivity (Wildman–Crippen MR) is 78.7 cm³/mol. The zero-order valence-electron chi connectivity index (χ0n) is 12.5. The highest BCUT2D eigenvalue weighted by Gasteiger charge is 2.52. The van der Waals surface area contributed by atoms with Crippen molar-refractivity contribution in [1.82, 2.24) is 10.2 Å². The first-order valence-electron chi connectivity index (χ1n) is 7.96. The second kappa shape index (κ2) is 5.15. The van der Waals surface area contributed by atoms with Crippen LogP contribution in [0.25, 0.3) is 0 Å². The molecule has 1 saturated heterocycles. The maximum absolute atomic E-state index is 13.3. The molecule has 2 aliphatic carbocycles. The number of hydrogen-bond acceptors (Lipinski definition) is 3. The lowest BCUT2D eigenvalue weighted by molar-refractivity contribution is -0.140. The summed E-state index contributed by atoms with van der Waals surface area (Å²) >= 11 is 0. The van der Waals surface area contributed by atoms with Gasteiger partial charge in [-0.15, -0.1) is 0 Å². The summed E-state index contributed by atoms with van der Waals surface area (Å²) in [5.74, 6) is -1.27. The van der Waals surface area contributed by atoms with E-state index in [0.717, 1.165) is 18.4 Å². The minimum absolute atomic E-state index is 0.0135. The normalized spacial score (nSPS) is 29.3. The lowest BCUT2D eigenvalue weighted by Crippen LogP contribution is -2.46. The molecule has 0 radical (unpaired) electrons. The molecule has 4 rings (SSSR count). The van der Waals surface area contributed by atoms with Gasteiger partial charge in [0.05, 0.1) is 6.42 Å². The summed E-state index contributed by atoms with van der Waals surface area (Å²) in [5, 5.41) is 2.27. The molecule has 0 spiro atoms. The maximum Gasteiger partial charge on any atom is 0.249 e. The van der Waals surface area contributed by atoms with E-state index in [4.69, 9.17) is 0 Å². The van der Waals surface area contributed by atoms with Crippen LogP contribution in [-0.4, -0.2) is 34.7 Å². The summed E-state index contributed by atoms with van der Waals surface area (Å²) in [4.78, 5) is 37.8. The van der Waals surface area contributed by atoms with Crippen molar-refractivity contribution in [3.05, 3.63) is 35.6 Å². The predicted octanol–water partition coefficient (Wildman–Crippen LogP) is 1.34. The number of benzene rings is 1. The fraction of sp³-hybridized carbons (Fsp3) is 0.471. The van der Waals surface area contributed by atoms with Crippen molar-refractivity contribution < 1.29 is 18.8 Å². The molecule has 3 amide bonds.